The van der Waals surface area contributed by atoms with Gasteiger partial charge in [-0.05, 0) is 31.4 Å². The van der Waals surface area contributed by atoms with Crippen LogP contribution in [0.4, 0.5) is 0 Å². The second kappa shape index (κ2) is 6.91. The van der Waals surface area contributed by atoms with Crippen molar-refractivity contribution < 1.29 is 23.5 Å². The minimum absolute atomic E-state index is 0.169. The van der Waals surface area contributed by atoms with Crippen LogP contribution in [0, 0.1) is 5.41 Å². The Labute approximate surface area is 134 Å². The van der Waals surface area contributed by atoms with E-state index < -0.39 is 5.41 Å². The van der Waals surface area contributed by atoms with Crippen LogP contribution in [0.3, 0.4) is 0 Å². The Morgan fingerprint density at radius 3 is 2.86 bits per heavy atom. The quantitative estimate of drug-likeness (QED) is 0.629. The number of carbonyl (C=O) groups is 2. The minimum atomic E-state index is -0.944. The number of hydrogen-bond donors (Lipinski definition) is 1. The van der Waals surface area contributed by atoms with Crippen LogP contribution < -0.4 is 5.32 Å². The highest BCUT2D eigenvalue weighted by Crippen LogP contribution is 2.37. The van der Waals surface area contributed by atoms with Crippen molar-refractivity contribution in [3.63, 3.8) is 0 Å². The number of carbonyl (C=O) groups excluding carboxylic acids is 2. The fourth-order valence-corrected chi connectivity index (χ4v) is 3.02. The molecule has 7 heteroatoms. The van der Waals surface area contributed by atoms with Crippen molar-refractivity contribution in [3.05, 3.63) is 24.2 Å². The summed E-state index contributed by atoms with van der Waals surface area (Å²) in [6, 6.07) is 1.59. The van der Waals surface area contributed by atoms with Crippen molar-refractivity contribution >= 4 is 29.1 Å². The number of esters is 2. The molecule has 0 bridgehead atoms. The number of furan rings is 1. The van der Waals surface area contributed by atoms with E-state index in [1.807, 2.05) is 0 Å². The average Bonchev–Trinajstić information content (AvgIpc) is 3.06. The van der Waals surface area contributed by atoms with Crippen LogP contribution in [-0.4, -0.2) is 36.2 Å². The molecule has 2 heterocycles. The Kier molecular flexibility index (Phi) is 5.18. The van der Waals surface area contributed by atoms with Gasteiger partial charge in [0.2, 0.25) is 0 Å². The van der Waals surface area contributed by atoms with E-state index in [1.54, 1.807) is 25.5 Å². The zero-order valence-corrected chi connectivity index (χ0v) is 13.4. The van der Waals surface area contributed by atoms with E-state index in [0.717, 1.165) is 5.56 Å². The van der Waals surface area contributed by atoms with Crippen molar-refractivity contribution in [2.24, 2.45) is 5.41 Å². The molecule has 0 aliphatic carbocycles. The van der Waals surface area contributed by atoms with Crippen LogP contribution in [0.1, 0.15) is 25.8 Å². The van der Waals surface area contributed by atoms with E-state index in [9.17, 15) is 9.59 Å². The second-order valence-electron chi connectivity index (χ2n) is 5.29. The minimum Gasteiger partial charge on any atom is -0.472 e. The molecule has 2 atom stereocenters. The lowest BCUT2D eigenvalue weighted by atomic mass is 9.80. The lowest BCUT2D eigenvalue weighted by molar-refractivity contribution is -0.151. The molecule has 1 aliphatic heterocycles. The van der Waals surface area contributed by atoms with Crippen LogP contribution in [0.5, 0.6) is 0 Å². The molecule has 0 spiro atoms. The van der Waals surface area contributed by atoms with Gasteiger partial charge < -0.3 is 19.2 Å². The van der Waals surface area contributed by atoms with Gasteiger partial charge in [0.25, 0.3) is 0 Å². The van der Waals surface area contributed by atoms with E-state index in [0.29, 0.717) is 17.8 Å². The first-order valence-corrected chi connectivity index (χ1v) is 7.51. The predicted octanol–water partition coefficient (Wildman–Crippen LogP) is 1.62. The third kappa shape index (κ3) is 3.47. The normalized spacial score (nSPS) is 23.9. The van der Waals surface area contributed by atoms with Gasteiger partial charge in [0.05, 0.1) is 30.2 Å². The zero-order valence-electron chi connectivity index (χ0n) is 12.6. The van der Waals surface area contributed by atoms with E-state index in [-0.39, 0.29) is 31.2 Å². The molecule has 0 unspecified atom stereocenters. The van der Waals surface area contributed by atoms with Gasteiger partial charge in [-0.25, -0.2) is 0 Å². The van der Waals surface area contributed by atoms with Gasteiger partial charge in [0.15, 0.2) is 0 Å². The summed E-state index contributed by atoms with van der Waals surface area (Å²) in [5.74, 6) is -0.727. The van der Waals surface area contributed by atoms with Crippen molar-refractivity contribution in [2.45, 2.75) is 32.7 Å². The Bertz CT molecular complexity index is 556. The first kappa shape index (κ1) is 16.5. The molecule has 1 fully saturated rings. The molecule has 120 valence electrons. The molecular formula is C15H19NO5S. The highest BCUT2D eigenvalue weighted by Gasteiger charge is 2.51. The molecule has 0 amide bonds. The first-order valence-electron chi connectivity index (χ1n) is 7.10. The molecule has 1 aromatic rings. The first-order chi connectivity index (χ1) is 10.5. The molecule has 6 nitrogen and oxygen atoms in total. The molecule has 1 aromatic heterocycles. The summed E-state index contributed by atoms with van der Waals surface area (Å²) in [5.41, 5.74) is -0.0784. The van der Waals surface area contributed by atoms with Crippen molar-refractivity contribution in [2.75, 3.05) is 13.2 Å². The average molecular weight is 325 g/mol. The van der Waals surface area contributed by atoms with Gasteiger partial charge in [-0.1, -0.05) is 12.2 Å². The van der Waals surface area contributed by atoms with E-state index in [2.05, 4.69) is 5.32 Å². The van der Waals surface area contributed by atoms with Crippen molar-refractivity contribution in [3.8, 4) is 0 Å². The maximum atomic E-state index is 12.5. The smallest absolute Gasteiger partial charge is 0.319 e. The highest BCUT2D eigenvalue weighted by atomic mass is 32.1. The molecule has 1 aliphatic rings. The molecule has 0 radical (unpaired) electrons. The predicted molar refractivity (Wildman–Crippen MR) is 82.2 cm³/mol. The number of ether oxygens (including phenoxy) is 2. The zero-order chi connectivity index (χ0) is 16.2. The van der Waals surface area contributed by atoms with E-state index >= 15 is 0 Å². The van der Waals surface area contributed by atoms with Gasteiger partial charge in [-0.2, -0.15) is 0 Å². The van der Waals surface area contributed by atoms with Gasteiger partial charge >= 0.3 is 11.9 Å². The number of hydrogen-bond acceptors (Lipinski definition) is 6. The lowest BCUT2D eigenvalue weighted by Gasteiger charge is -2.25. The Balaban J connectivity index is 2.19. The number of thiocarbonyl (C=S) groups is 1. The van der Waals surface area contributed by atoms with Crippen molar-refractivity contribution in [1.82, 2.24) is 5.32 Å². The van der Waals surface area contributed by atoms with Crippen LogP contribution in [0.15, 0.2) is 23.0 Å². The summed E-state index contributed by atoms with van der Waals surface area (Å²) in [5, 5.41) is 3.07. The second-order valence-corrected chi connectivity index (χ2v) is 5.70. The van der Waals surface area contributed by atoms with E-state index in [4.69, 9.17) is 26.1 Å². The Hall–Kier alpha value is -1.89. The van der Waals surface area contributed by atoms with Crippen LogP contribution in [0.25, 0.3) is 0 Å². The summed E-state index contributed by atoms with van der Waals surface area (Å²) >= 11 is 5.39. The van der Waals surface area contributed by atoms with Crippen LogP contribution >= 0.6 is 12.2 Å². The molecule has 0 saturated carbocycles. The summed E-state index contributed by atoms with van der Waals surface area (Å²) < 4.78 is 15.3. The lowest BCUT2D eigenvalue weighted by Crippen LogP contribution is -2.41. The molecular weight excluding hydrogens is 306 g/mol. The fourth-order valence-electron chi connectivity index (χ4n) is 2.62. The summed E-state index contributed by atoms with van der Waals surface area (Å²) in [6.45, 7) is 3.55. The maximum Gasteiger partial charge on any atom is 0.319 e. The highest BCUT2D eigenvalue weighted by molar-refractivity contribution is 7.80. The third-order valence-electron chi connectivity index (χ3n) is 3.60. The topological polar surface area (TPSA) is 77.8 Å². The van der Waals surface area contributed by atoms with Crippen molar-refractivity contribution in [1.29, 1.82) is 0 Å². The monoisotopic (exact) mass is 325 g/mol. The summed E-state index contributed by atoms with van der Waals surface area (Å²) in [4.78, 5) is 23.9. The molecule has 1 N–H and O–H groups in total. The Morgan fingerprint density at radius 1 is 1.50 bits per heavy atom. The largest absolute Gasteiger partial charge is 0.472 e. The third-order valence-corrected chi connectivity index (χ3v) is 4.11. The van der Waals surface area contributed by atoms with Gasteiger partial charge in [0.1, 0.15) is 12.0 Å². The van der Waals surface area contributed by atoms with E-state index in [1.165, 1.54) is 6.92 Å². The van der Waals surface area contributed by atoms with Crippen LogP contribution in [-0.2, 0) is 25.5 Å². The Morgan fingerprint density at radius 2 is 2.27 bits per heavy atom. The van der Waals surface area contributed by atoms with Gasteiger partial charge in [-0.3, -0.25) is 9.59 Å². The molecule has 0 aromatic carbocycles. The number of rotatable bonds is 6. The standard InChI is InChI=1S/C15H19NO5S/c1-3-20-14(18)15(6-11-4-5-19-8-11)7-12(16-13(15)22)9-21-10(2)17/h4-5,8,12H,3,6-7,9H2,1-2H3,(H,16,22)/t12-,15-/m0/s1. The molecule has 1 saturated heterocycles. The summed E-state index contributed by atoms with van der Waals surface area (Å²) in [7, 11) is 0. The molecule has 2 rings (SSSR count). The fraction of sp³-hybridized carbons (Fsp3) is 0.533. The summed E-state index contributed by atoms with van der Waals surface area (Å²) in [6.07, 6.45) is 3.95. The van der Waals surface area contributed by atoms with Crippen LogP contribution in [0.2, 0.25) is 0 Å². The van der Waals surface area contributed by atoms with Gasteiger partial charge in [-0.15, -0.1) is 0 Å². The molecule has 22 heavy (non-hydrogen) atoms. The maximum absolute atomic E-state index is 12.5. The number of nitrogens with one attached hydrogen (secondary N) is 1. The van der Waals surface area contributed by atoms with Gasteiger partial charge in [0, 0.05) is 6.92 Å². The SMILES string of the molecule is CCOC(=O)[C@@]1(Cc2ccoc2)C[C@@H](COC(C)=O)NC1=S.